The third-order valence-electron chi connectivity index (χ3n) is 3.47. The van der Waals surface area contributed by atoms with E-state index in [9.17, 15) is 9.50 Å². The van der Waals surface area contributed by atoms with Crippen molar-refractivity contribution in [2.24, 2.45) is 0 Å². The van der Waals surface area contributed by atoms with E-state index in [1.54, 1.807) is 0 Å². The molecule has 0 spiro atoms. The van der Waals surface area contributed by atoms with Crippen LogP contribution in [-0.2, 0) is 13.0 Å². The zero-order valence-electron chi connectivity index (χ0n) is 12.2. The van der Waals surface area contributed by atoms with Crippen molar-refractivity contribution in [3.8, 4) is 5.75 Å². The van der Waals surface area contributed by atoms with E-state index in [2.05, 4.69) is 6.92 Å². The highest BCUT2D eigenvalue weighted by Crippen LogP contribution is 2.32. The fourth-order valence-electron chi connectivity index (χ4n) is 2.45. The molecule has 20 heavy (non-hydrogen) atoms. The van der Waals surface area contributed by atoms with Gasteiger partial charge in [0.2, 0.25) is 0 Å². The van der Waals surface area contributed by atoms with Crippen molar-refractivity contribution < 1.29 is 14.2 Å². The van der Waals surface area contributed by atoms with Gasteiger partial charge in [0.1, 0.15) is 11.6 Å². The summed E-state index contributed by atoms with van der Waals surface area (Å²) in [6.07, 6.45) is 4.52. The smallest absolute Gasteiger partial charge is 0.131 e. The van der Waals surface area contributed by atoms with Crippen LogP contribution in [0.4, 0.5) is 4.39 Å². The molecule has 0 saturated heterocycles. The second-order valence-electron chi connectivity index (χ2n) is 4.91. The van der Waals surface area contributed by atoms with Crippen LogP contribution in [0.15, 0.2) is 18.3 Å². The van der Waals surface area contributed by atoms with Crippen LogP contribution in [0.3, 0.4) is 0 Å². The van der Waals surface area contributed by atoms with E-state index in [4.69, 9.17) is 4.74 Å². The standard InChI is InChI=1S/C16H22FNO2/c1-3-5-8-20-15-10-13(17)9-14-16(15)12(6-7-19)11-18(14)4-2/h9-11,19H,3-8H2,1-2H3. The molecule has 0 saturated carbocycles. The molecule has 0 aliphatic carbocycles. The summed E-state index contributed by atoms with van der Waals surface area (Å²) in [7, 11) is 0. The van der Waals surface area contributed by atoms with Gasteiger partial charge in [-0.1, -0.05) is 13.3 Å². The van der Waals surface area contributed by atoms with Gasteiger partial charge < -0.3 is 14.4 Å². The minimum absolute atomic E-state index is 0.0780. The van der Waals surface area contributed by atoms with E-state index in [0.29, 0.717) is 18.8 Å². The van der Waals surface area contributed by atoms with Gasteiger partial charge in [0.15, 0.2) is 0 Å². The first-order valence-electron chi connectivity index (χ1n) is 7.26. The first-order valence-corrected chi connectivity index (χ1v) is 7.26. The van der Waals surface area contributed by atoms with E-state index < -0.39 is 0 Å². The minimum atomic E-state index is -0.285. The number of aliphatic hydroxyl groups is 1. The predicted molar refractivity (Wildman–Crippen MR) is 78.8 cm³/mol. The quantitative estimate of drug-likeness (QED) is 0.787. The van der Waals surface area contributed by atoms with Crippen molar-refractivity contribution in [2.75, 3.05) is 13.2 Å². The van der Waals surface area contributed by atoms with Crippen molar-refractivity contribution in [3.63, 3.8) is 0 Å². The minimum Gasteiger partial charge on any atom is -0.493 e. The number of fused-ring (bicyclic) bond motifs is 1. The number of hydrogen-bond acceptors (Lipinski definition) is 2. The lowest BCUT2D eigenvalue weighted by Crippen LogP contribution is -1.99. The van der Waals surface area contributed by atoms with Gasteiger partial charge in [-0.25, -0.2) is 4.39 Å². The summed E-state index contributed by atoms with van der Waals surface area (Å²) < 4.78 is 21.5. The van der Waals surface area contributed by atoms with Crippen molar-refractivity contribution in [3.05, 3.63) is 29.7 Å². The Bertz CT molecular complexity index is 577. The summed E-state index contributed by atoms with van der Waals surface area (Å²) in [5.41, 5.74) is 1.85. The molecule has 1 heterocycles. The van der Waals surface area contributed by atoms with E-state index in [-0.39, 0.29) is 12.4 Å². The Labute approximate surface area is 119 Å². The molecule has 0 atom stereocenters. The summed E-state index contributed by atoms with van der Waals surface area (Å²) >= 11 is 0. The number of aromatic nitrogens is 1. The fourth-order valence-corrected chi connectivity index (χ4v) is 2.45. The van der Waals surface area contributed by atoms with Gasteiger partial charge in [-0.15, -0.1) is 0 Å². The first kappa shape index (κ1) is 14.9. The number of rotatable bonds is 7. The maximum absolute atomic E-state index is 13.8. The van der Waals surface area contributed by atoms with Gasteiger partial charge in [-0.2, -0.15) is 0 Å². The van der Waals surface area contributed by atoms with Crippen molar-refractivity contribution in [1.82, 2.24) is 4.57 Å². The van der Waals surface area contributed by atoms with Crippen LogP contribution >= 0.6 is 0 Å². The zero-order chi connectivity index (χ0) is 14.5. The number of aliphatic hydroxyl groups excluding tert-OH is 1. The SMILES string of the molecule is CCCCOc1cc(F)cc2c1c(CCO)cn2CC. The third-order valence-corrected chi connectivity index (χ3v) is 3.47. The third kappa shape index (κ3) is 2.96. The molecule has 110 valence electrons. The maximum Gasteiger partial charge on any atom is 0.131 e. The van der Waals surface area contributed by atoms with Crippen molar-refractivity contribution >= 4 is 10.9 Å². The Hall–Kier alpha value is -1.55. The number of halogens is 1. The summed E-state index contributed by atoms with van der Waals surface area (Å²) in [4.78, 5) is 0. The molecular formula is C16H22FNO2. The number of aryl methyl sites for hydroxylation is 1. The molecule has 1 aromatic heterocycles. The molecular weight excluding hydrogens is 257 g/mol. The van der Waals surface area contributed by atoms with Gasteiger partial charge in [0.05, 0.1) is 12.1 Å². The van der Waals surface area contributed by atoms with E-state index >= 15 is 0 Å². The molecule has 4 heteroatoms. The average molecular weight is 279 g/mol. The van der Waals surface area contributed by atoms with Crippen LogP contribution in [0.2, 0.25) is 0 Å². The number of unbranched alkanes of at least 4 members (excludes halogenated alkanes) is 1. The normalized spacial score (nSPS) is 11.2. The van der Waals surface area contributed by atoms with Crippen LogP contribution in [0.1, 0.15) is 32.3 Å². The highest BCUT2D eigenvalue weighted by molar-refractivity contribution is 5.90. The van der Waals surface area contributed by atoms with Gasteiger partial charge in [-0.05, 0) is 31.4 Å². The number of ether oxygens (including phenoxy) is 1. The first-order chi connectivity index (χ1) is 9.71. The van der Waals surface area contributed by atoms with Gasteiger partial charge in [0, 0.05) is 30.8 Å². The van der Waals surface area contributed by atoms with E-state index in [1.165, 1.54) is 12.1 Å². The van der Waals surface area contributed by atoms with Crippen LogP contribution in [0, 0.1) is 5.82 Å². The van der Waals surface area contributed by atoms with Crippen LogP contribution in [0.5, 0.6) is 5.75 Å². The highest BCUT2D eigenvalue weighted by atomic mass is 19.1. The largest absolute Gasteiger partial charge is 0.493 e. The Morgan fingerprint density at radius 2 is 2.10 bits per heavy atom. The molecule has 0 fully saturated rings. The predicted octanol–water partition coefficient (Wildman–Crippen LogP) is 3.51. The molecule has 0 radical (unpaired) electrons. The molecule has 0 aliphatic rings. The molecule has 0 amide bonds. The molecule has 3 nitrogen and oxygen atoms in total. The van der Waals surface area contributed by atoms with Crippen molar-refractivity contribution in [1.29, 1.82) is 0 Å². The fraction of sp³-hybridized carbons (Fsp3) is 0.500. The van der Waals surface area contributed by atoms with Crippen LogP contribution in [0.25, 0.3) is 10.9 Å². The Morgan fingerprint density at radius 1 is 1.30 bits per heavy atom. The van der Waals surface area contributed by atoms with E-state index in [0.717, 1.165) is 35.9 Å². The maximum atomic E-state index is 13.8. The Balaban J connectivity index is 2.50. The van der Waals surface area contributed by atoms with E-state index in [1.807, 2.05) is 17.7 Å². The summed E-state index contributed by atoms with van der Waals surface area (Å²) in [5, 5.41) is 10.1. The Morgan fingerprint density at radius 3 is 2.75 bits per heavy atom. The molecule has 0 bridgehead atoms. The molecule has 1 N–H and O–H groups in total. The molecule has 1 aromatic carbocycles. The van der Waals surface area contributed by atoms with Gasteiger partial charge in [-0.3, -0.25) is 0 Å². The van der Waals surface area contributed by atoms with Crippen LogP contribution < -0.4 is 4.74 Å². The van der Waals surface area contributed by atoms with Gasteiger partial charge in [0.25, 0.3) is 0 Å². The molecule has 2 rings (SSSR count). The molecule has 0 aliphatic heterocycles. The lowest BCUT2D eigenvalue weighted by Gasteiger charge is -2.09. The Kier molecular flexibility index (Phi) is 5.01. The molecule has 0 unspecified atom stereocenters. The number of nitrogens with zero attached hydrogens (tertiary/aromatic N) is 1. The highest BCUT2D eigenvalue weighted by Gasteiger charge is 2.14. The lowest BCUT2D eigenvalue weighted by molar-refractivity contribution is 0.299. The monoisotopic (exact) mass is 279 g/mol. The summed E-state index contributed by atoms with van der Waals surface area (Å²) in [6, 6.07) is 2.98. The van der Waals surface area contributed by atoms with Crippen LogP contribution in [-0.4, -0.2) is 22.9 Å². The zero-order valence-corrected chi connectivity index (χ0v) is 12.2. The second kappa shape index (κ2) is 6.75. The van der Waals surface area contributed by atoms with Crippen molar-refractivity contribution in [2.45, 2.75) is 39.7 Å². The molecule has 2 aromatic rings. The summed E-state index contributed by atoms with van der Waals surface area (Å²) in [5.74, 6) is 0.302. The number of hydrogen-bond donors (Lipinski definition) is 1. The number of benzene rings is 1. The topological polar surface area (TPSA) is 34.4 Å². The lowest BCUT2D eigenvalue weighted by atomic mass is 10.1. The second-order valence-corrected chi connectivity index (χ2v) is 4.91. The average Bonchev–Trinajstić information content (AvgIpc) is 2.77. The van der Waals surface area contributed by atoms with Gasteiger partial charge >= 0.3 is 0 Å². The summed E-state index contributed by atoms with van der Waals surface area (Å²) in [6.45, 7) is 5.54.